The second-order valence-corrected chi connectivity index (χ2v) is 12.0. The summed E-state index contributed by atoms with van der Waals surface area (Å²) >= 11 is 0. The minimum Gasteiger partial charge on any atom is -0.506 e. The Bertz CT molecular complexity index is 1400. The van der Waals surface area contributed by atoms with E-state index in [0.29, 0.717) is 29.1 Å². The van der Waals surface area contributed by atoms with Gasteiger partial charge in [-0.1, -0.05) is 26.7 Å². The summed E-state index contributed by atoms with van der Waals surface area (Å²) in [5.41, 5.74) is 1.93. The molecule has 0 aliphatic carbocycles. The molecule has 3 heterocycles. The molecule has 240 valence electrons. The number of rotatable bonds is 12. The van der Waals surface area contributed by atoms with E-state index in [-0.39, 0.29) is 29.2 Å². The molecule has 0 bridgehead atoms. The Hall–Kier alpha value is -4.41. The highest BCUT2D eigenvalue weighted by Gasteiger charge is 2.21. The Labute approximate surface area is 265 Å². The quantitative estimate of drug-likeness (QED) is 0.164. The van der Waals surface area contributed by atoms with Crippen LogP contribution in [0.25, 0.3) is 0 Å². The lowest BCUT2D eigenvalue weighted by Gasteiger charge is -2.30. The van der Waals surface area contributed by atoms with Gasteiger partial charge >= 0.3 is 0 Å². The van der Waals surface area contributed by atoms with Gasteiger partial charge in [0.25, 0.3) is 5.91 Å². The van der Waals surface area contributed by atoms with Gasteiger partial charge in [-0.15, -0.1) is 0 Å². The second kappa shape index (κ2) is 15.5. The molecule has 2 saturated heterocycles. The molecular weight excluding hydrogens is 568 g/mol. The van der Waals surface area contributed by atoms with Crippen molar-refractivity contribution in [3.63, 3.8) is 0 Å². The van der Waals surface area contributed by atoms with Crippen molar-refractivity contribution in [3.8, 4) is 5.75 Å². The van der Waals surface area contributed by atoms with Crippen molar-refractivity contribution >= 4 is 46.7 Å². The molecule has 1 atom stereocenters. The normalized spacial score (nSPS) is 15.8. The Morgan fingerprint density at radius 3 is 1.96 bits per heavy atom. The monoisotopic (exact) mass is 614 g/mol. The fourth-order valence-corrected chi connectivity index (χ4v) is 5.84. The van der Waals surface area contributed by atoms with Gasteiger partial charge in [-0.25, -0.2) is 0 Å². The number of amides is 2. The van der Waals surface area contributed by atoms with E-state index in [1.165, 1.54) is 18.9 Å². The first-order valence-electron chi connectivity index (χ1n) is 16.5. The molecule has 1 unspecified atom stereocenters. The molecular formula is C34H46N8O3. The third-order valence-corrected chi connectivity index (χ3v) is 8.58. The fraction of sp³-hybridized carbons (Fsp3) is 0.500. The summed E-state index contributed by atoms with van der Waals surface area (Å²) in [7, 11) is 0. The average molecular weight is 615 g/mol. The number of hydrogen-bond donors (Lipinski definition) is 4. The first-order chi connectivity index (χ1) is 21.9. The van der Waals surface area contributed by atoms with Gasteiger partial charge in [0.15, 0.2) is 0 Å². The predicted octanol–water partition coefficient (Wildman–Crippen LogP) is 6.71. The van der Waals surface area contributed by atoms with Gasteiger partial charge in [0.1, 0.15) is 5.75 Å². The summed E-state index contributed by atoms with van der Waals surface area (Å²) in [6.45, 7) is 7.88. The van der Waals surface area contributed by atoms with Gasteiger partial charge in [0, 0.05) is 55.1 Å². The lowest BCUT2D eigenvalue weighted by molar-refractivity contribution is -0.120. The molecule has 0 radical (unpaired) electrons. The van der Waals surface area contributed by atoms with Crippen LogP contribution in [0.1, 0.15) is 88.4 Å². The minimum absolute atomic E-state index is 0.0570. The summed E-state index contributed by atoms with van der Waals surface area (Å²) < 4.78 is 0. The van der Waals surface area contributed by atoms with Crippen LogP contribution in [0.2, 0.25) is 0 Å². The zero-order valence-corrected chi connectivity index (χ0v) is 26.5. The minimum atomic E-state index is -0.362. The largest absolute Gasteiger partial charge is 0.506 e. The third kappa shape index (κ3) is 8.61. The van der Waals surface area contributed by atoms with Crippen molar-refractivity contribution in [2.24, 2.45) is 5.92 Å². The molecule has 2 aromatic carbocycles. The summed E-state index contributed by atoms with van der Waals surface area (Å²) in [6.07, 6.45) is 10.6. The van der Waals surface area contributed by atoms with Crippen LogP contribution in [0.15, 0.2) is 42.5 Å². The maximum absolute atomic E-state index is 13.0. The Kier molecular flexibility index (Phi) is 11.1. The number of carbonyl (C=O) groups is 2. The number of nitrogens with one attached hydrogen (secondary N) is 3. The predicted molar refractivity (Wildman–Crippen MR) is 180 cm³/mol. The topological polar surface area (TPSA) is 136 Å². The van der Waals surface area contributed by atoms with E-state index in [1.807, 2.05) is 6.92 Å². The third-order valence-electron chi connectivity index (χ3n) is 8.58. The van der Waals surface area contributed by atoms with Gasteiger partial charge in [-0.2, -0.15) is 15.0 Å². The van der Waals surface area contributed by atoms with Crippen LogP contribution >= 0.6 is 0 Å². The maximum Gasteiger partial charge on any atom is 0.255 e. The van der Waals surface area contributed by atoms with Gasteiger partial charge in [-0.3, -0.25) is 9.59 Å². The zero-order chi connectivity index (χ0) is 31.6. The number of anilines is 6. The molecule has 5 rings (SSSR count). The molecule has 11 nitrogen and oxygen atoms in total. The number of nitrogens with zero attached hydrogens (tertiary/aromatic N) is 5. The summed E-state index contributed by atoms with van der Waals surface area (Å²) in [5.74, 6) is 1.28. The lowest BCUT2D eigenvalue weighted by Crippen LogP contribution is -2.34. The Balaban J connectivity index is 1.23. The van der Waals surface area contributed by atoms with Crippen molar-refractivity contribution in [2.45, 2.75) is 78.1 Å². The molecule has 0 saturated carbocycles. The van der Waals surface area contributed by atoms with E-state index in [1.54, 1.807) is 36.4 Å². The first-order valence-corrected chi connectivity index (χ1v) is 16.5. The van der Waals surface area contributed by atoms with E-state index in [0.717, 1.165) is 83.2 Å². The van der Waals surface area contributed by atoms with Gasteiger partial charge in [-0.05, 0) is 87.8 Å². The highest BCUT2D eigenvalue weighted by Crippen LogP contribution is 2.29. The van der Waals surface area contributed by atoms with Crippen LogP contribution in [0, 0.1) is 5.92 Å². The highest BCUT2D eigenvalue weighted by atomic mass is 16.3. The van der Waals surface area contributed by atoms with Crippen molar-refractivity contribution in [3.05, 3.63) is 48.0 Å². The van der Waals surface area contributed by atoms with E-state index in [2.05, 4.69) is 32.7 Å². The molecule has 4 N–H and O–H groups in total. The maximum atomic E-state index is 13.0. The zero-order valence-electron chi connectivity index (χ0n) is 26.5. The molecule has 11 heteroatoms. The van der Waals surface area contributed by atoms with Gasteiger partial charge in [0.2, 0.25) is 23.8 Å². The van der Waals surface area contributed by atoms with Crippen LogP contribution < -0.4 is 25.8 Å². The summed E-state index contributed by atoms with van der Waals surface area (Å²) in [4.78, 5) is 44.5. The van der Waals surface area contributed by atoms with Crippen molar-refractivity contribution in [1.82, 2.24) is 15.0 Å². The molecule has 2 aliphatic rings. The smallest absolute Gasteiger partial charge is 0.255 e. The number of hydrogen-bond acceptors (Lipinski definition) is 9. The Morgan fingerprint density at radius 2 is 1.40 bits per heavy atom. The number of carbonyl (C=O) groups excluding carboxylic acids is 2. The second-order valence-electron chi connectivity index (χ2n) is 12.0. The number of phenols is 1. The van der Waals surface area contributed by atoms with Crippen LogP contribution in [0.5, 0.6) is 5.75 Å². The number of aromatic nitrogens is 3. The standard InChI is InChI=1S/C34H46N8O3/c1-3-5-12-24(4-2)30(44)35-27-17-18-28(29(43)23-27)37-31(45)25-13-15-26(16-14-25)36-32-38-33(41-19-8-6-9-20-41)40-34(39-32)42-21-10-7-11-22-42/h13-18,23-24,43H,3-12,19-22H2,1-2H3,(H,35,44)(H,37,45)(H,36,38,39,40). The number of piperidine rings is 2. The van der Waals surface area contributed by atoms with Crippen LogP contribution in [-0.2, 0) is 4.79 Å². The molecule has 2 amide bonds. The van der Waals surface area contributed by atoms with E-state index < -0.39 is 0 Å². The number of aromatic hydroxyl groups is 1. The average Bonchev–Trinajstić information content (AvgIpc) is 3.07. The van der Waals surface area contributed by atoms with Crippen molar-refractivity contribution in [2.75, 3.05) is 51.9 Å². The van der Waals surface area contributed by atoms with Crippen LogP contribution in [-0.4, -0.2) is 58.1 Å². The summed E-state index contributed by atoms with van der Waals surface area (Å²) in [6, 6.07) is 11.8. The molecule has 0 spiro atoms. The summed E-state index contributed by atoms with van der Waals surface area (Å²) in [5, 5.41) is 19.5. The molecule has 2 aliphatic heterocycles. The van der Waals surface area contributed by atoms with E-state index in [4.69, 9.17) is 15.0 Å². The first kappa shape index (κ1) is 32.0. The number of benzene rings is 2. The highest BCUT2D eigenvalue weighted by molar-refractivity contribution is 6.05. The van der Waals surface area contributed by atoms with Crippen molar-refractivity contribution < 1.29 is 14.7 Å². The van der Waals surface area contributed by atoms with Gasteiger partial charge < -0.3 is 30.9 Å². The fourth-order valence-electron chi connectivity index (χ4n) is 5.84. The van der Waals surface area contributed by atoms with E-state index in [9.17, 15) is 14.7 Å². The Morgan fingerprint density at radius 1 is 0.800 bits per heavy atom. The number of phenolic OH excluding ortho intramolecular Hbond substituents is 1. The van der Waals surface area contributed by atoms with Crippen LogP contribution in [0.4, 0.5) is 34.9 Å². The van der Waals surface area contributed by atoms with Crippen LogP contribution in [0.3, 0.4) is 0 Å². The molecule has 3 aromatic rings. The molecule has 45 heavy (non-hydrogen) atoms. The van der Waals surface area contributed by atoms with Crippen molar-refractivity contribution in [1.29, 1.82) is 0 Å². The SMILES string of the molecule is CCCCC(CC)C(=O)Nc1ccc(NC(=O)c2ccc(Nc3nc(N4CCCCC4)nc(N4CCCCC4)n3)cc2)c(O)c1. The lowest BCUT2D eigenvalue weighted by atomic mass is 9.98. The molecule has 1 aromatic heterocycles. The number of unbranched alkanes of at least 4 members (excludes halogenated alkanes) is 1. The van der Waals surface area contributed by atoms with Gasteiger partial charge in [0.05, 0.1) is 5.69 Å². The molecule has 2 fully saturated rings. The van der Waals surface area contributed by atoms with E-state index >= 15 is 0 Å².